The SMILES string of the molecule is O=C1CC(S(=O)(=O)F)CN1c1cc([N+](=O)[O-])ccc1O. The fraction of sp³-hybridized carbons (Fsp3) is 0.300. The topological polar surface area (TPSA) is 118 Å². The lowest BCUT2D eigenvalue weighted by atomic mass is 10.2. The van der Waals surface area contributed by atoms with Gasteiger partial charge in [-0.05, 0) is 6.07 Å². The van der Waals surface area contributed by atoms with Crippen LogP contribution < -0.4 is 4.90 Å². The largest absolute Gasteiger partial charge is 0.506 e. The highest BCUT2D eigenvalue weighted by molar-refractivity contribution is 7.87. The van der Waals surface area contributed by atoms with E-state index < -0.39 is 45.0 Å². The van der Waals surface area contributed by atoms with E-state index in [1.807, 2.05) is 0 Å². The fourth-order valence-electron chi connectivity index (χ4n) is 1.94. The molecule has 2 rings (SSSR count). The predicted molar refractivity (Wildman–Crippen MR) is 65.5 cm³/mol. The zero-order chi connectivity index (χ0) is 15.1. The zero-order valence-corrected chi connectivity index (χ0v) is 10.7. The van der Waals surface area contributed by atoms with E-state index in [2.05, 4.69) is 0 Å². The number of rotatable bonds is 3. The van der Waals surface area contributed by atoms with Crippen LogP contribution in [0.1, 0.15) is 6.42 Å². The maximum absolute atomic E-state index is 12.9. The van der Waals surface area contributed by atoms with Gasteiger partial charge in [0.15, 0.2) is 0 Å². The number of amides is 1. The minimum atomic E-state index is -4.89. The number of nitrogens with zero attached hydrogens (tertiary/aromatic N) is 2. The van der Waals surface area contributed by atoms with E-state index in [0.29, 0.717) is 0 Å². The molecular formula is C10H9FN2O6S. The van der Waals surface area contributed by atoms with Crippen LogP contribution in [0.25, 0.3) is 0 Å². The summed E-state index contributed by atoms with van der Waals surface area (Å²) in [6, 6.07) is 2.97. The molecule has 8 nitrogen and oxygen atoms in total. The van der Waals surface area contributed by atoms with Crippen molar-refractivity contribution < 1.29 is 27.1 Å². The molecule has 0 aliphatic carbocycles. The molecule has 1 aliphatic rings. The molecule has 20 heavy (non-hydrogen) atoms. The van der Waals surface area contributed by atoms with Crippen LogP contribution in [0, 0.1) is 10.1 Å². The molecule has 1 heterocycles. The summed E-state index contributed by atoms with van der Waals surface area (Å²) in [6.07, 6.45) is -0.568. The van der Waals surface area contributed by atoms with E-state index in [1.54, 1.807) is 0 Å². The van der Waals surface area contributed by atoms with E-state index in [9.17, 15) is 32.3 Å². The summed E-state index contributed by atoms with van der Waals surface area (Å²) < 4.78 is 34.5. The maximum atomic E-state index is 12.9. The van der Waals surface area contributed by atoms with Crippen molar-refractivity contribution in [2.45, 2.75) is 11.7 Å². The number of nitro groups is 1. The number of non-ortho nitro benzene ring substituents is 1. The number of anilines is 1. The molecule has 0 radical (unpaired) electrons. The predicted octanol–water partition coefficient (Wildman–Crippen LogP) is 0.705. The monoisotopic (exact) mass is 304 g/mol. The summed E-state index contributed by atoms with van der Waals surface area (Å²) in [5.74, 6) is -1.16. The normalized spacial score (nSPS) is 19.4. The summed E-state index contributed by atoms with van der Waals surface area (Å²) in [4.78, 5) is 22.4. The van der Waals surface area contributed by atoms with Crippen molar-refractivity contribution in [3.8, 4) is 5.75 Å². The number of hydrogen-bond donors (Lipinski definition) is 1. The van der Waals surface area contributed by atoms with Gasteiger partial charge in [0, 0.05) is 25.1 Å². The minimum absolute atomic E-state index is 0.213. The van der Waals surface area contributed by atoms with Crippen LogP contribution >= 0.6 is 0 Å². The molecule has 1 aromatic rings. The van der Waals surface area contributed by atoms with Gasteiger partial charge >= 0.3 is 10.2 Å². The number of carbonyl (C=O) groups is 1. The molecule has 1 saturated heterocycles. The Bertz CT molecular complexity index is 689. The fourth-order valence-corrected chi connectivity index (χ4v) is 2.61. The average Bonchev–Trinajstić information content (AvgIpc) is 2.71. The third kappa shape index (κ3) is 2.54. The molecule has 0 spiro atoms. The van der Waals surface area contributed by atoms with Crippen LogP contribution in [0.15, 0.2) is 18.2 Å². The van der Waals surface area contributed by atoms with Gasteiger partial charge in [-0.15, -0.1) is 3.89 Å². The Kier molecular flexibility index (Phi) is 3.34. The summed E-state index contributed by atoms with van der Waals surface area (Å²) in [6.45, 7) is -0.494. The standard InChI is InChI=1S/C10H9FN2O6S/c11-20(18,19)7-4-10(15)12(5-7)8-3-6(13(16)17)1-2-9(8)14/h1-3,7,14H,4-5H2. The van der Waals surface area contributed by atoms with E-state index in [0.717, 1.165) is 23.1 Å². The van der Waals surface area contributed by atoms with E-state index in [4.69, 9.17) is 0 Å². The van der Waals surface area contributed by atoms with Gasteiger partial charge in [0.2, 0.25) is 5.91 Å². The van der Waals surface area contributed by atoms with Gasteiger partial charge in [-0.3, -0.25) is 14.9 Å². The molecule has 1 amide bonds. The second-order valence-electron chi connectivity index (χ2n) is 4.24. The lowest BCUT2D eigenvalue weighted by molar-refractivity contribution is -0.384. The number of phenols is 1. The van der Waals surface area contributed by atoms with Gasteiger partial charge in [-0.25, -0.2) is 0 Å². The molecule has 1 unspecified atom stereocenters. The Labute approximate surface area is 112 Å². The van der Waals surface area contributed by atoms with Gasteiger partial charge in [-0.2, -0.15) is 8.42 Å². The smallest absolute Gasteiger partial charge is 0.307 e. The molecular weight excluding hydrogens is 295 g/mol. The lowest BCUT2D eigenvalue weighted by Gasteiger charge is -2.17. The van der Waals surface area contributed by atoms with Crippen LogP contribution in [0.2, 0.25) is 0 Å². The summed E-state index contributed by atoms with van der Waals surface area (Å²) in [5.41, 5.74) is -0.590. The molecule has 0 saturated carbocycles. The second kappa shape index (κ2) is 4.71. The zero-order valence-electron chi connectivity index (χ0n) is 9.89. The van der Waals surface area contributed by atoms with Crippen molar-refractivity contribution in [1.29, 1.82) is 0 Å². The average molecular weight is 304 g/mol. The first kappa shape index (κ1) is 14.2. The van der Waals surface area contributed by atoms with Crippen molar-refractivity contribution >= 4 is 27.5 Å². The molecule has 1 atom stereocenters. The van der Waals surface area contributed by atoms with Gasteiger partial charge in [0.05, 0.1) is 10.6 Å². The van der Waals surface area contributed by atoms with Crippen molar-refractivity contribution in [1.82, 2.24) is 0 Å². The number of nitro benzene ring substituents is 1. The van der Waals surface area contributed by atoms with Crippen molar-refractivity contribution in [2.24, 2.45) is 0 Å². The van der Waals surface area contributed by atoms with Crippen molar-refractivity contribution in [3.05, 3.63) is 28.3 Å². The summed E-state index contributed by atoms with van der Waals surface area (Å²) >= 11 is 0. The molecule has 0 aromatic heterocycles. The molecule has 1 aromatic carbocycles. The van der Waals surface area contributed by atoms with E-state index >= 15 is 0 Å². The van der Waals surface area contributed by atoms with Crippen LogP contribution in [0.3, 0.4) is 0 Å². The quantitative estimate of drug-likeness (QED) is 0.499. The third-order valence-electron chi connectivity index (χ3n) is 2.95. The van der Waals surface area contributed by atoms with Gasteiger partial charge in [0.1, 0.15) is 11.0 Å². The third-order valence-corrected chi connectivity index (χ3v) is 4.06. The highest BCUT2D eigenvalue weighted by atomic mass is 32.3. The van der Waals surface area contributed by atoms with Crippen LogP contribution in [-0.4, -0.2) is 36.1 Å². The minimum Gasteiger partial charge on any atom is -0.506 e. The van der Waals surface area contributed by atoms with Crippen LogP contribution in [0.4, 0.5) is 15.3 Å². The maximum Gasteiger partial charge on any atom is 0.307 e. The molecule has 1 fully saturated rings. The Balaban J connectivity index is 2.40. The molecule has 1 aliphatic heterocycles. The number of phenolic OH excluding ortho intramolecular Hbond substituents is 1. The summed E-state index contributed by atoms with van der Waals surface area (Å²) in [5, 5.41) is 18.7. The van der Waals surface area contributed by atoms with Gasteiger partial charge in [0.25, 0.3) is 5.69 Å². The second-order valence-corrected chi connectivity index (χ2v) is 5.85. The molecule has 1 N–H and O–H groups in total. The Hall–Kier alpha value is -2.23. The highest BCUT2D eigenvalue weighted by Crippen LogP contribution is 2.35. The number of hydrogen-bond acceptors (Lipinski definition) is 6. The van der Waals surface area contributed by atoms with E-state index in [-0.39, 0.29) is 11.4 Å². The Morgan fingerprint density at radius 3 is 2.60 bits per heavy atom. The van der Waals surface area contributed by atoms with Crippen molar-refractivity contribution in [2.75, 3.05) is 11.4 Å². The number of carbonyl (C=O) groups excluding carboxylic acids is 1. The lowest BCUT2D eigenvalue weighted by Crippen LogP contribution is -2.27. The molecule has 0 bridgehead atoms. The number of aromatic hydroxyl groups is 1. The van der Waals surface area contributed by atoms with E-state index in [1.165, 1.54) is 0 Å². The summed E-state index contributed by atoms with van der Waals surface area (Å²) in [7, 11) is -4.89. The van der Waals surface area contributed by atoms with Crippen molar-refractivity contribution in [3.63, 3.8) is 0 Å². The molecule has 108 valence electrons. The first-order valence-electron chi connectivity index (χ1n) is 5.41. The van der Waals surface area contributed by atoms with Crippen LogP contribution in [-0.2, 0) is 15.0 Å². The molecule has 10 heteroatoms. The number of halogens is 1. The van der Waals surface area contributed by atoms with Crippen LogP contribution in [0.5, 0.6) is 5.75 Å². The van der Waals surface area contributed by atoms with Gasteiger partial charge < -0.3 is 10.0 Å². The number of benzene rings is 1. The first-order valence-corrected chi connectivity index (χ1v) is 6.86. The Morgan fingerprint density at radius 1 is 1.45 bits per heavy atom. The van der Waals surface area contributed by atoms with Gasteiger partial charge in [-0.1, -0.05) is 0 Å². The highest BCUT2D eigenvalue weighted by Gasteiger charge is 2.40. The first-order chi connectivity index (χ1) is 9.20. The Morgan fingerprint density at radius 2 is 2.10 bits per heavy atom.